The van der Waals surface area contributed by atoms with Gasteiger partial charge >= 0.3 is 5.97 Å². The SMILES string of the molecule is CC(=O)OCC(=O)N1CN=Cc2ccccc21. The molecule has 0 aromatic heterocycles. The number of anilines is 1. The predicted octanol–water partition coefficient (Wildman–Crippen LogP) is 0.973. The van der Waals surface area contributed by atoms with Crippen molar-refractivity contribution in [1.29, 1.82) is 0 Å². The van der Waals surface area contributed by atoms with Gasteiger partial charge in [-0.25, -0.2) is 0 Å². The van der Waals surface area contributed by atoms with Crippen molar-refractivity contribution >= 4 is 23.8 Å². The Morgan fingerprint density at radius 2 is 2.18 bits per heavy atom. The van der Waals surface area contributed by atoms with Crippen molar-refractivity contribution in [1.82, 2.24) is 0 Å². The molecule has 88 valence electrons. The highest BCUT2D eigenvalue weighted by molar-refractivity contribution is 6.02. The summed E-state index contributed by atoms with van der Waals surface area (Å²) in [5.41, 5.74) is 1.68. The van der Waals surface area contributed by atoms with Gasteiger partial charge < -0.3 is 4.74 Å². The van der Waals surface area contributed by atoms with Crippen molar-refractivity contribution < 1.29 is 14.3 Å². The summed E-state index contributed by atoms with van der Waals surface area (Å²) in [6, 6.07) is 7.45. The molecule has 0 radical (unpaired) electrons. The van der Waals surface area contributed by atoms with E-state index >= 15 is 0 Å². The zero-order valence-corrected chi connectivity index (χ0v) is 9.42. The van der Waals surface area contributed by atoms with Gasteiger partial charge in [0.25, 0.3) is 5.91 Å². The third kappa shape index (κ3) is 2.50. The minimum absolute atomic E-state index is 0.251. The zero-order valence-electron chi connectivity index (χ0n) is 9.42. The second-order valence-corrected chi connectivity index (χ2v) is 3.61. The molecule has 1 amide bonds. The molecular weight excluding hydrogens is 220 g/mol. The Kier molecular flexibility index (Phi) is 3.18. The molecule has 17 heavy (non-hydrogen) atoms. The lowest BCUT2D eigenvalue weighted by Crippen LogP contribution is -2.36. The van der Waals surface area contributed by atoms with Gasteiger partial charge in [0.05, 0.1) is 5.69 Å². The lowest BCUT2D eigenvalue weighted by Gasteiger charge is -2.25. The number of esters is 1. The van der Waals surface area contributed by atoms with Crippen LogP contribution in [0.1, 0.15) is 12.5 Å². The molecule has 5 nitrogen and oxygen atoms in total. The van der Waals surface area contributed by atoms with Crippen LogP contribution in [-0.2, 0) is 14.3 Å². The van der Waals surface area contributed by atoms with Crippen molar-refractivity contribution in [3.63, 3.8) is 0 Å². The number of aliphatic imine (C=N–C) groups is 1. The summed E-state index contributed by atoms with van der Waals surface area (Å²) in [5.74, 6) is -0.739. The maximum absolute atomic E-state index is 11.8. The zero-order chi connectivity index (χ0) is 12.3. The molecule has 5 heteroatoms. The molecule has 0 saturated carbocycles. The summed E-state index contributed by atoms with van der Waals surface area (Å²) in [6.45, 7) is 1.28. The van der Waals surface area contributed by atoms with Crippen LogP contribution in [-0.4, -0.2) is 31.4 Å². The van der Waals surface area contributed by atoms with Crippen molar-refractivity contribution in [3.05, 3.63) is 29.8 Å². The number of amides is 1. The van der Waals surface area contributed by atoms with Gasteiger partial charge in [0, 0.05) is 18.7 Å². The minimum Gasteiger partial charge on any atom is -0.456 e. The average molecular weight is 232 g/mol. The average Bonchev–Trinajstić information content (AvgIpc) is 2.35. The Morgan fingerprint density at radius 1 is 1.41 bits per heavy atom. The van der Waals surface area contributed by atoms with Crippen molar-refractivity contribution in [3.8, 4) is 0 Å². The molecule has 1 aliphatic heterocycles. The standard InChI is InChI=1S/C12H12N2O3/c1-9(15)17-7-12(16)14-8-13-6-10-4-2-3-5-11(10)14/h2-6H,7-8H2,1H3. The first-order chi connectivity index (χ1) is 8.18. The second kappa shape index (κ2) is 4.78. The van der Waals surface area contributed by atoms with E-state index in [1.165, 1.54) is 11.8 Å². The van der Waals surface area contributed by atoms with Crippen LogP contribution in [0.25, 0.3) is 0 Å². The molecular formula is C12H12N2O3. The van der Waals surface area contributed by atoms with Crippen LogP contribution in [0.5, 0.6) is 0 Å². The summed E-state index contributed by atoms with van der Waals surface area (Å²) in [7, 11) is 0. The second-order valence-electron chi connectivity index (χ2n) is 3.61. The molecule has 1 heterocycles. The van der Waals surface area contributed by atoms with Gasteiger partial charge in [-0.2, -0.15) is 0 Å². The van der Waals surface area contributed by atoms with Crippen LogP contribution >= 0.6 is 0 Å². The van der Waals surface area contributed by atoms with Crippen LogP contribution in [0.3, 0.4) is 0 Å². The van der Waals surface area contributed by atoms with E-state index in [-0.39, 0.29) is 19.2 Å². The summed E-state index contributed by atoms with van der Waals surface area (Å²) in [5, 5.41) is 0. The van der Waals surface area contributed by atoms with E-state index < -0.39 is 5.97 Å². The van der Waals surface area contributed by atoms with Crippen LogP contribution in [0.4, 0.5) is 5.69 Å². The molecule has 0 bridgehead atoms. The lowest BCUT2D eigenvalue weighted by atomic mass is 10.1. The van der Waals surface area contributed by atoms with Crippen LogP contribution in [0.15, 0.2) is 29.3 Å². The highest BCUT2D eigenvalue weighted by Gasteiger charge is 2.20. The van der Waals surface area contributed by atoms with Gasteiger partial charge in [0.15, 0.2) is 6.61 Å². The first-order valence-electron chi connectivity index (χ1n) is 5.21. The molecule has 0 atom stereocenters. The topological polar surface area (TPSA) is 59.0 Å². The fourth-order valence-electron chi connectivity index (χ4n) is 1.59. The number of hydrogen-bond donors (Lipinski definition) is 0. The monoisotopic (exact) mass is 232 g/mol. The molecule has 0 spiro atoms. The Balaban J connectivity index is 2.15. The highest BCUT2D eigenvalue weighted by atomic mass is 16.5. The highest BCUT2D eigenvalue weighted by Crippen LogP contribution is 2.21. The van der Waals surface area contributed by atoms with Crippen molar-refractivity contribution in [2.75, 3.05) is 18.2 Å². The quantitative estimate of drug-likeness (QED) is 0.714. The maximum Gasteiger partial charge on any atom is 0.303 e. The van der Waals surface area contributed by atoms with E-state index in [1.807, 2.05) is 24.3 Å². The molecule has 1 aromatic carbocycles. The first kappa shape index (κ1) is 11.3. The third-order valence-electron chi connectivity index (χ3n) is 2.38. The lowest BCUT2D eigenvalue weighted by molar-refractivity contribution is -0.145. The number of ether oxygens (including phenoxy) is 1. The largest absolute Gasteiger partial charge is 0.456 e. The number of rotatable bonds is 2. The summed E-state index contributed by atoms with van der Waals surface area (Å²) < 4.78 is 4.69. The number of nitrogens with zero attached hydrogens (tertiary/aromatic N) is 2. The van der Waals surface area contributed by atoms with Crippen molar-refractivity contribution in [2.45, 2.75) is 6.92 Å². The maximum atomic E-state index is 11.8. The van der Waals surface area contributed by atoms with Gasteiger partial charge in [-0.05, 0) is 6.07 Å². The molecule has 0 unspecified atom stereocenters. The van der Waals surface area contributed by atoms with E-state index in [0.29, 0.717) is 0 Å². The fourth-order valence-corrected chi connectivity index (χ4v) is 1.59. The van der Waals surface area contributed by atoms with Crippen LogP contribution in [0.2, 0.25) is 0 Å². The van der Waals surface area contributed by atoms with Crippen molar-refractivity contribution in [2.24, 2.45) is 4.99 Å². The Bertz CT molecular complexity index is 482. The van der Waals surface area contributed by atoms with E-state index in [2.05, 4.69) is 9.73 Å². The molecule has 0 N–H and O–H groups in total. The molecule has 2 rings (SSSR count). The normalized spacial score (nSPS) is 13.1. The number of carbonyl (C=O) groups excluding carboxylic acids is 2. The minimum atomic E-state index is -0.466. The number of benzene rings is 1. The van der Waals surface area contributed by atoms with E-state index in [1.54, 1.807) is 6.21 Å². The summed E-state index contributed by atoms with van der Waals surface area (Å²) >= 11 is 0. The van der Waals surface area contributed by atoms with Gasteiger partial charge in [-0.3, -0.25) is 19.5 Å². The fraction of sp³-hybridized carbons (Fsp3) is 0.250. The smallest absolute Gasteiger partial charge is 0.303 e. The van der Waals surface area contributed by atoms with Gasteiger partial charge in [-0.1, -0.05) is 18.2 Å². The first-order valence-corrected chi connectivity index (χ1v) is 5.21. The van der Waals surface area contributed by atoms with Gasteiger partial charge in [-0.15, -0.1) is 0 Å². The molecule has 0 saturated heterocycles. The Morgan fingerprint density at radius 3 is 2.94 bits per heavy atom. The summed E-state index contributed by atoms with van der Waals surface area (Å²) in [4.78, 5) is 28.1. The summed E-state index contributed by atoms with van der Waals surface area (Å²) in [6.07, 6.45) is 1.73. The predicted molar refractivity (Wildman–Crippen MR) is 63.0 cm³/mol. The Hall–Kier alpha value is -2.17. The third-order valence-corrected chi connectivity index (χ3v) is 2.38. The number of carbonyl (C=O) groups is 2. The van der Waals surface area contributed by atoms with Gasteiger partial charge in [0.2, 0.25) is 0 Å². The number of fused-ring (bicyclic) bond motifs is 1. The van der Waals surface area contributed by atoms with Gasteiger partial charge in [0.1, 0.15) is 6.67 Å². The molecule has 0 fully saturated rings. The molecule has 0 aliphatic carbocycles. The number of para-hydroxylation sites is 1. The van der Waals surface area contributed by atoms with Crippen LogP contribution in [0, 0.1) is 0 Å². The van der Waals surface area contributed by atoms with E-state index in [0.717, 1.165) is 11.3 Å². The van der Waals surface area contributed by atoms with E-state index in [9.17, 15) is 9.59 Å². The molecule has 1 aromatic rings. The number of hydrogen-bond acceptors (Lipinski definition) is 4. The molecule has 1 aliphatic rings. The van der Waals surface area contributed by atoms with E-state index in [4.69, 9.17) is 0 Å². The van der Waals surface area contributed by atoms with Crippen LogP contribution < -0.4 is 4.90 Å². The Labute approximate surface area is 98.7 Å².